The number of halogens is 2. The molecule has 2 rings (SSSR count). The van der Waals surface area contributed by atoms with Gasteiger partial charge in [0.1, 0.15) is 5.75 Å². The number of ether oxygens (including phenoxy) is 1. The molecule has 0 aliphatic heterocycles. The third kappa shape index (κ3) is 10.1. The molecule has 2 aromatic rings. The van der Waals surface area contributed by atoms with E-state index in [0.717, 1.165) is 18.4 Å². The van der Waals surface area contributed by atoms with E-state index < -0.39 is 12.6 Å². The lowest BCUT2D eigenvalue weighted by Crippen LogP contribution is -2.24. The second-order valence-corrected chi connectivity index (χ2v) is 9.76. The summed E-state index contributed by atoms with van der Waals surface area (Å²) >= 11 is 9.59. The molecule has 0 saturated carbocycles. The van der Waals surface area contributed by atoms with Crippen LogP contribution in [0, 0.1) is 0 Å². The minimum absolute atomic E-state index is 0.176. The van der Waals surface area contributed by atoms with E-state index in [2.05, 4.69) is 28.2 Å². The zero-order valence-corrected chi connectivity index (χ0v) is 22.2. The fourth-order valence-electron chi connectivity index (χ4n) is 3.79. The van der Waals surface area contributed by atoms with E-state index in [1.54, 1.807) is 30.3 Å². The summed E-state index contributed by atoms with van der Waals surface area (Å²) in [5.41, 5.74) is 1.80. The van der Waals surface area contributed by atoms with Gasteiger partial charge in [0.05, 0.1) is 4.47 Å². The zero-order chi connectivity index (χ0) is 24.8. The number of unbranched alkanes of at least 4 members (excludes halogenated alkanes) is 9. The predicted molar refractivity (Wildman–Crippen MR) is 142 cm³/mol. The van der Waals surface area contributed by atoms with E-state index in [0.29, 0.717) is 32.9 Å². The standard InChI is InChI=1S/C27H35BrClNO4/c1-2-3-4-5-6-7-8-9-10-11-15-30-27(33)21-17-23(20-13-12-14-22(29)16-20)26(24(28)18-21)34-19-25(31)32/h12-14,16-18H,2-11,15,19H2,1H3,(H,30,33)(H,31,32). The second kappa shape index (κ2) is 15.8. The summed E-state index contributed by atoms with van der Waals surface area (Å²) in [4.78, 5) is 23.8. The van der Waals surface area contributed by atoms with Gasteiger partial charge in [-0.3, -0.25) is 4.79 Å². The molecule has 2 N–H and O–H groups in total. The van der Waals surface area contributed by atoms with Crippen molar-refractivity contribution in [1.82, 2.24) is 5.32 Å². The molecule has 1 amide bonds. The smallest absolute Gasteiger partial charge is 0.341 e. The molecule has 0 heterocycles. The van der Waals surface area contributed by atoms with Crippen molar-refractivity contribution >= 4 is 39.4 Å². The van der Waals surface area contributed by atoms with Gasteiger partial charge in [-0.1, -0.05) is 88.4 Å². The predicted octanol–water partition coefficient (Wildman–Crippen LogP) is 7.88. The van der Waals surface area contributed by atoms with Gasteiger partial charge in [-0.15, -0.1) is 0 Å². The Balaban J connectivity index is 1.92. The van der Waals surface area contributed by atoms with E-state index in [-0.39, 0.29) is 5.91 Å². The Hall–Kier alpha value is -2.05. The Morgan fingerprint density at radius 2 is 1.62 bits per heavy atom. The van der Waals surface area contributed by atoms with Crippen LogP contribution >= 0.6 is 27.5 Å². The first-order valence-electron chi connectivity index (χ1n) is 12.1. The van der Waals surface area contributed by atoms with Gasteiger partial charge >= 0.3 is 5.97 Å². The van der Waals surface area contributed by atoms with Crippen LogP contribution in [0.3, 0.4) is 0 Å². The van der Waals surface area contributed by atoms with E-state index in [9.17, 15) is 9.59 Å². The first-order valence-corrected chi connectivity index (χ1v) is 13.3. The maximum Gasteiger partial charge on any atom is 0.341 e. The fraction of sp³-hybridized carbons (Fsp3) is 0.481. The lowest BCUT2D eigenvalue weighted by Gasteiger charge is -2.15. The minimum Gasteiger partial charge on any atom is -0.480 e. The lowest BCUT2D eigenvalue weighted by atomic mass is 10.0. The number of carbonyl (C=O) groups excluding carboxylic acids is 1. The van der Waals surface area contributed by atoms with Crippen LogP contribution in [-0.4, -0.2) is 30.1 Å². The Bertz CT molecular complexity index is 935. The fourth-order valence-corrected chi connectivity index (χ4v) is 4.56. The highest BCUT2D eigenvalue weighted by Crippen LogP contribution is 2.38. The number of carbonyl (C=O) groups is 2. The van der Waals surface area contributed by atoms with Gasteiger partial charge in [0.25, 0.3) is 5.91 Å². The molecule has 0 atom stereocenters. The number of carboxylic acids is 1. The Labute approximate surface area is 216 Å². The van der Waals surface area contributed by atoms with Crippen LogP contribution in [0.5, 0.6) is 5.75 Å². The molecular weight excluding hydrogens is 518 g/mol. The van der Waals surface area contributed by atoms with Crippen molar-refractivity contribution in [2.75, 3.05) is 13.2 Å². The summed E-state index contributed by atoms with van der Waals surface area (Å²) in [6.07, 6.45) is 12.5. The topological polar surface area (TPSA) is 75.6 Å². The second-order valence-electron chi connectivity index (χ2n) is 8.47. The van der Waals surface area contributed by atoms with Crippen molar-refractivity contribution in [3.05, 3.63) is 51.5 Å². The van der Waals surface area contributed by atoms with Crippen LogP contribution in [0.2, 0.25) is 5.02 Å². The van der Waals surface area contributed by atoms with Crippen LogP contribution in [-0.2, 0) is 4.79 Å². The molecule has 0 aromatic heterocycles. The van der Waals surface area contributed by atoms with Crippen molar-refractivity contribution in [1.29, 1.82) is 0 Å². The first kappa shape index (κ1) is 28.2. The van der Waals surface area contributed by atoms with Gasteiger partial charge < -0.3 is 15.2 Å². The van der Waals surface area contributed by atoms with Crippen molar-refractivity contribution in [3.8, 4) is 16.9 Å². The lowest BCUT2D eigenvalue weighted by molar-refractivity contribution is -0.139. The molecule has 2 aromatic carbocycles. The third-order valence-electron chi connectivity index (χ3n) is 5.60. The molecule has 7 heteroatoms. The van der Waals surface area contributed by atoms with Gasteiger partial charge in [-0.25, -0.2) is 4.79 Å². The van der Waals surface area contributed by atoms with Crippen molar-refractivity contribution in [2.45, 2.75) is 71.1 Å². The van der Waals surface area contributed by atoms with Gasteiger partial charge in [-0.2, -0.15) is 0 Å². The van der Waals surface area contributed by atoms with E-state index in [1.165, 1.54) is 51.4 Å². The van der Waals surface area contributed by atoms with Crippen LogP contribution in [0.1, 0.15) is 81.5 Å². The largest absolute Gasteiger partial charge is 0.480 e. The number of aliphatic carboxylic acids is 1. The van der Waals surface area contributed by atoms with Crippen LogP contribution < -0.4 is 10.1 Å². The van der Waals surface area contributed by atoms with Gasteiger partial charge in [0, 0.05) is 22.7 Å². The van der Waals surface area contributed by atoms with Crippen LogP contribution in [0.15, 0.2) is 40.9 Å². The summed E-state index contributed by atoms with van der Waals surface area (Å²) in [5.74, 6) is -0.900. The highest BCUT2D eigenvalue weighted by molar-refractivity contribution is 9.10. The maximum absolute atomic E-state index is 12.8. The van der Waals surface area contributed by atoms with E-state index >= 15 is 0 Å². The SMILES string of the molecule is CCCCCCCCCCCCNC(=O)c1cc(Br)c(OCC(=O)O)c(-c2cccc(Cl)c2)c1. The Morgan fingerprint density at radius 1 is 0.971 bits per heavy atom. The highest BCUT2D eigenvalue weighted by Gasteiger charge is 2.17. The molecule has 0 fully saturated rings. The number of carboxylic acid groups (broad SMARTS) is 1. The summed E-state index contributed by atoms with van der Waals surface area (Å²) in [6, 6.07) is 10.5. The monoisotopic (exact) mass is 551 g/mol. The van der Waals surface area contributed by atoms with Crippen molar-refractivity contribution in [2.24, 2.45) is 0 Å². The molecule has 0 bridgehead atoms. The van der Waals surface area contributed by atoms with Gasteiger partial charge in [-0.05, 0) is 52.2 Å². The molecule has 5 nitrogen and oxygen atoms in total. The molecule has 0 spiro atoms. The molecule has 0 aliphatic rings. The molecule has 186 valence electrons. The average molecular weight is 553 g/mol. The number of amides is 1. The summed E-state index contributed by atoms with van der Waals surface area (Å²) in [5, 5.41) is 12.5. The minimum atomic E-state index is -1.08. The molecule has 34 heavy (non-hydrogen) atoms. The average Bonchev–Trinajstić information content (AvgIpc) is 2.81. The number of nitrogens with one attached hydrogen (secondary N) is 1. The van der Waals surface area contributed by atoms with Crippen molar-refractivity contribution in [3.63, 3.8) is 0 Å². The molecule has 0 radical (unpaired) electrons. The Morgan fingerprint density at radius 3 is 2.24 bits per heavy atom. The molecule has 0 aliphatic carbocycles. The molecule has 0 saturated heterocycles. The third-order valence-corrected chi connectivity index (χ3v) is 6.42. The number of benzene rings is 2. The Kier molecular flexibility index (Phi) is 13.1. The van der Waals surface area contributed by atoms with Gasteiger partial charge in [0.2, 0.25) is 0 Å². The first-order chi connectivity index (χ1) is 16.4. The molecule has 0 unspecified atom stereocenters. The van der Waals surface area contributed by atoms with E-state index in [1.807, 2.05) is 6.07 Å². The maximum atomic E-state index is 12.8. The number of hydrogen-bond donors (Lipinski definition) is 2. The quantitative estimate of drug-likeness (QED) is 0.208. The highest BCUT2D eigenvalue weighted by atomic mass is 79.9. The van der Waals surface area contributed by atoms with Gasteiger partial charge in [0.15, 0.2) is 6.61 Å². The normalized spacial score (nSPS) is 10.8. The summed E-state index contributed by atoms with van der Waals surface area (Å²) in [7, 11) is 0. The number of rotatable bonds is 16. The number of hydrogen-bond acceptors (Lipinski definition) is 3. The van der Waals surface area contributed by atoms with Crippen LogP contribution in [0.25, 0.3) is 11.1 Å². The zero-order valence-electron chi connectivity index (χ0n) is 19.9. The van der Waals surface area contributed by atoms with Crippen molar-refractivity contribution < 1.29 is 19.4 Å². The molecular formula is C27H35BrClNO4. The summed E-state index contributed by atoms with van der Waals surface area (Å²) < 4.78 is 6.02. The summed E-state index contributed by atoms with van der Waals surface area (Å²) in [6.45, 7) is 2.37. The van der Waals surface area contributed by atoms with E-state index in [4.69, 9.17) is 21.4 Å². The van der Waals surface area contributed by atoms with Crippen LogP contribution in [0.4, 0.5) is 0 Å².